The van der Waals surface area contributed by atoms with E-state index >= 15 is 0 Å². The molecule has 3 aromatic heterocycles. The minimum atomic E-state index is -4.62. The normalized spacial score (nSPS) is 13.9. The predicted molar refractivity (Wildman–Crippen MR) is 165 cm³/mol. The molecule has 4 heterocycles. The molecule has 1 atom stereocenters. The van der Waals surface area contributed by atoms with Gasteiger partial charge in [-0.3, -0.25) is 4.79 Å². The van der Waals surface area contributed by atoms with Crippen molar-refractivity contribution in [1.29, 1.82) is 0 Å². The number of nitrogens with one attached hydrogen (secondary N) is 1. The quantitative estimate of drug-likeness (QED) is 0.166. The van der Waals surface area contributed by atoms with E-state index in [1.807, 2.05) is 37.3 Å². The van der Waals surface area contributed by atoms with Gasteiger partial charge in [-0.1, -0.05) is 25.5 Å². The van der Waals surface area contributed by atoms with Crippen molar-refractivity contribution in [2.24, 2.45) is 0 Å². The third kappa shape index (κ3) is 7.49. The molecule has 0 saturated carbocycles. The molecule has 0 aliphatic carbocycles. The Morgan fingerprint density at radius 2 is 1.91 bits per heavy atom. The number of ether oxygens (including phenoxy) is 2. The van der Waals surface area contributed by atoms with E-state index in [1.54, 1.807) is 23.8 Å². The van der Waals surface area contributed by atoms with Crippen LogP contribution in [0.4, 0.5) is 19.0 Å². The van der Waals surface area contributed by atoms with Crippen molar-refractivity contribution in [3.63, 3.8) is 0 Å². The summed E-state index contributed by atoms with van der Waals surface area (Å²) in [5.74, 6) is 0.171. The van der Waals surface area contributed by atoms with Crippen LogP contribution in [0.15, 0.2) is 30.3 Å². The fourth-order valence-electron chi connectivity index (χ4n) is 4.94. The number of methoxy groups -OCH3 is 2. The summed E-state index contributed by atoms with van der Waals surface area (Å²) in [6, 6.07) is 8.72. The number of halogens is 3. The van der Waals surface area contributed by atoms with E-state index in [-0.39, 0.29) is 31.3 Å². The average molecular weight is 664 g/mol. The third-order valence-corrected chi connectivity index (χ3v) is 9.35. The van der Waals surface area contributed by atoms with Gasteiger partial charge in [-0.15, -0.1) is 21.5 Å². The Labute approximate surface area is 265 Å². The van der Waals surface area contributed by atoms with Crippen LogP contribution in [0.5, 0.6) is 5.75 Å². The summed E-state index contributed by atoms with van der Waals surface area (Å²) in [7, 11) is 2.86. The summed E-state index contributed by atoms with van der Waals surface area (Å²) >= 11 is 3.04. The number of hydrogen-bond donors (Lipinski definition) is 1. The number of nitrogens with zero attached hydrogens (tertiary/aromatic N) is 6. The number of aryl methyl sites for hydroxylation is 1. The first-order chi connectivity index (χ1) is 21.6. The summed E-state index contributed by atoms with van der Waals surface area (Å²) in [5.41, 5.74) is 1.10. The van der Waals surface area contributed by atoms with Gasteiger partial charge in [0.25, 0.3) is 5.91 Å². The molecule has 1 aliphatic heterocycles. The summed E-state index contributed by atoms with van der Waals surface area (Å²) < 4.78 is 51.4. The first kappa shape index (κ1) is 32.5. The highest BCUT2D eigenvalue weighted by Gasteiger charge is 2.40. The molecule has 1 aliphatic rings. The van der Waals surface area contributed by atoms with Crippen molar-refractivity contribution in [1.82, 2.24) is 30.0 Å². The van der Waals surface area contributed by atoms with Gasteiger partial charge in [-0.2, -0.15) is 24.9 Å². The summed E-state index contributed by atoms with van der Waals surface area (Å²) in [5, 5.41) is 10.6. The van der Waals surface area contributed by atoms with Crippen LogP contribution in [0.3, 0.4) is 0 Å². The Hall–Kier alpha value is -3.92. The van der Waals surface area contributed by atoms with Gasteiger partial charge in [0.05, 0.1) is 26.2 Å². The molecule has 11 nitrogen and oxygen atoms in total. The Morgan fingerprint density at radius 3 is 2.60 bits per heavy atom. The summed E-state index contributed by atoms with van der Waals surface area (Å²) in [6.07, 6.45) is -2.61. The second kappa shape index (κ2) is 14.0. The van der Waals surface area contributed by atoms with Crippen LogP contribution in [0.25, 0.3) is 10.2 Å². The summed E-state index contributed by atoms with van der Waals surface area (Å²) in [4.78, 5) is 38.6. The topological polar surface area (TPSA) is 124 Å². The standard InChI is InChI=1S/C29H32F3N7O4S2/c1-4-5-19-14-20-24(38-11-12-39-22(15-38)36-37-28(39)29(30,31)32)34-23(35-26(20)45-19)25(40)33-21(27(41)43-3)10-13-44-16-17-6-8-18(42-2)9-7-17/h6-9,14,21H,4-5,10-13,15-16H2,1-3H3,(H,33,40). The van der Waals surface area contributed by atoms with E-state index in [2.05, 4.69) is 25.5 Å². The zero-order valence-corrected chi connectivity index (χ0v) is 26.5. The number of fused-ring (bicyclic) bond motifs is 2. The molecular formula is C29H32F3N7O4S2. The highest BCUT2D eigenvalue weighted by Crippen LogP contribution is 2.35. The van der Waals surface area contributed by atoms with Gasteiger partial charge in [0.1, 0.15) is 22.4 Å². The summed E-state index contributed by atoms with van der Waals surface area (Å²) in [6.45, 7) is 2.25. The molecule has 1 amide bonds. The fraction of sp³-hybridized carbons (Fsp3) is 0.448. The molecule has 16 heteroatoms. The number of benzene rings is 1. The average Bonchev–Trinajstić information content (AvgIpc) is 3.65. The second-order valence-corrected chi connectivity index (χ2v) is 12.5. The Morgan fingerprint density at radius 1 is 1.13 bits per heavy atom. The van der Waals surface area contributed by atoms with Crippen molar-refractivity contribution >= 4 is 51.0 Å². The van der Waals surface area contributed by atoms with E-state index in [0.717, 1.165) is 33.6 Å². The van der Waals surface area contributed by atoms with Crippen LogP contribution in [-0.2, 0) is 41.0 Å². The van der Waals surface area contributed by atoms with Crippen molar-refractivity contribution in [2.45, 2.75) is 57.2 Å². The number of aromatic nitrogens is 5. The molecule has 240 valence electrons. The monoisotopic (exact) mass is 663 g/mol. The molecule has 4 aromatic rings. The van der Waals surface area contributed by atoms with Crippen molar-refractivity contribution in [3.05, 3.63) is 58.2 Å². The lowest BCUT2D eigenvalue weighted by atomic mass is 10.2. The van der Waals surface area contributed by atoms with Gasteiger partial charge in [0.2, 0.25) is 11.6 Å². The zero-order valence-electron chi connectivity index (χ0n) is 24.9. The maximum atomic E-state index is 13.5. The molecule has 0 fully saturated rings. The predicted octanol–water partition coefficient (Wildman–Crippen LogP) is 4.88. The van der Waals surface area contributed by atoms with Crippen molar-refractivity contribution in [2.75, 3.05) is 31.4 Å². The first-order valence-electron chi connectivity index (χ1n) is 14.2. The van der Waals surface area contributed by atoms with Gasteiger partial charge >= 0.3 is 12.1 Å². The van der Waals surface area contributed by atoms with E-state index < -0.39 is 29.9 Å². The van der Waals surface area contributed by atoms with Gasteiger partial charge < -0.3 is 24.3 Å². The van der Waals surface area contributed by atoms with E-state index in [1.165, 1.54) is 18.4 Å². The Kier molecular flexibility index (Phi) is 10.1. The number of anilines is 1. The fourth-order valence-corrected chi connectivity index (χ4v) is 7.04. The van der Waals surface area contributed by atoms with E-state index in [0.29, 0.717) is 34.0 Å². The second-order valence-electron chi connectivity index (χ2n) is 10.3. The number of rotatable bonds is 12. The Bertz CT molecular complexity index is 1660. The van der Waals surface area contributed by atoms with Crippen LogP contribution in [0, 0.1) is 0 Å². The number of hydrogen-bond acceptors (Lipinski definition) is 11. The smallest absolute Gasteiger partial charge is 0.451 e. The molecule has 1 unspecified atom stereocenters. The molecular weight excluding hydrogens is 631 g/mol. The van der Waals surface area contributed by atoms with Crippen LogP contribution in [0.2, 0.25) is 0 Å². The SMILES string of the molecule is CCCc1cc2c(N3CCn4c(nnc4C(F)(F)F)C3)nc(C(=O)NC(CCSCc3ccc(OC)cc3)C(=O)OC)nc2s1. The number of carbonyl (C=O) groups excluding carboxylic acids is 2. The maximum absolute atomic E-state index is 13.5. The molecule has 0 bridgehead atoms. The minimum absolute atomic E-state index is 0.00519. The highest BCUT2D eigenvalue weighted by atomic mass is 32.2. The van der Waals surface area contributed by atoms with Gasteiger partial charge in [-0.25, -0.2) is 14.8 Å². The van der Waals surface area contributed by atoms with Gasteiger partial charge in [0, 0.05) is 23.7 Å². The van der Waals surface area contributed by atoms with Crippen molar-refractivity contribution in [3.8, 4) is 5.75 Å². The number of alkyl halides is 3. The lowest BCUT2D eigenvalue weighted by Gasteiger charge is -2.29. The van der Waals surface area contributed by atoms with Gasteiger partial charge in [0.15, 0.2) is 5.82 Å². The molecule has 1 N–H and O–H groups in total. The first-order valence-corrected chi connectivity index (χ1v) is 16.2. The number of thioether (sulfide) groups is 1. The molecule has 0 spiro atoms. The van der Waals surface area contributed by atoms with Crippen LogP contribution in [-0.4, -0.2) is 69.2 Å². The van der Waals surface area contributed by atoms with Crippen LogP contribution >= 0.6 is 23.1 Å². The largest absolute Gasteiger partial charge is 0.497 e. The van der Waals surface area contributed by atoms with Crippen LogP contribution in [0.1, 0.15) is 52.5 Å². The number of amides is 1. The molecule has 1 aromatic carbocycles. The molecule has 45 heavy (non-hydrogen) atoms. The highest BCUT2D eigenvalue weighted by molar-refractivity contribution is 7.98. The van der Waals surface area contributed by atoms with Crippen LogP contribution < -0.4 is 15.0 Å². The maximum Gasteiger partial charge on any atom is 0.451 e. The van der Waals surface area contributed by atoms with E-state index in [4.69, 9.17) is 9.47 Å². The van der Waals surface area contributed by atoms with E-state index in [9.17, 15) is 22.8 Å². The van der Waals surface area contributed by atoms with Gasteiger partial charge in [-0.05, 0) is 42.4 Å². The number of carbonyl (C=O) groups is 2. The molecule has 5 rings (SSSR count). The number of thiophene rings is 1. The lowest BCUT2D eigenvalue weighted by molar-refractivity contribution is -0.147. The molecule has 0 radical (unpaired) electrons. The lowest BCUT2D eigenvalue weighted by Crippen LogP contribution is -2.42. The molecule has 0 saturated heterocycles. The zero-order chi connectivity index (χ0) is 32.1. The number of esters is 1. The minimum Gasteiger partial charge on any atom is -0.497 e. The third-order valence-electron chi connectivity index (χ3n) is 7.20. The van der Waals surface area contributed by atoms with Crippen molar-refractivity contribution < 1.29 is 32.2 Å². The Balaban J connectivity index is 1.34.